The fourth-order valence-electron chi connectivity index (χ4n) is 6.14. The number of benzene rings is 1. The van der Waals surface area contributed by atoms with Crippen LogP contribution in [-0.2, 0) is 20.9 Å². The summed E-state index contributed by atoms with van der Waals surface area (Å²) in [5.74, 6) is 1.72. The Bertz CT molecular complexity index is 955. The topological polar surface area (TPSA) is 65.6 Å². The fourth-order valence-corrected chi connectivity index (χ4v) is 6.14. The van der Waals surface area contributed by atoms with E-state index in [0.717, 1.165) is 76.5 Å². The smallest absolute Gasteiger partial charge is 0.236 e. The zero-order valence-corrected chi connectivity index (χ0v) is 22.2. The third kappa shape index (κ3) is 6.72. The van der Waals surface area contributed by atoms with E-state index in [1.165, 1.54) is 0 Å². The number of carbonyl (C=O) groups excluding carboxylic acids is 2. The number of para-hydroxylation sites is 1. The number of nitrogens with zero attached hydrogens (tertiary/aromatic N) is 4. The molecule has 0 saturated carbocycles. The minimum Gasteiger partial charge on any atom is -0.489 e. The molecule has 2 amide bonds. The summed E-state index contributed by atoms with van der Waals surface area (Å²) in [6.07, 6.45) is 7.57. The Morgan fingerprint density at radius 1 is 1.00 bits per heavy atom. The molecule has 8 heteroatoms. The molecule has 0 aromatic heterocycles. The van der Waals surface area contributed by atoms with Gasteiger partial charge in [0.25, 0.3) is 0 Å². The molecule has 37 heavy (non-hydrogen) atoms. The van der Waals surface area contributed by atoms with Crippen LogP contribution in [0, 0.1) is 11.8 Å². The maximum absolute atomic E-state index is 13.6. The minimum atomic E-state index is 0.158. The predicted octanol–water partition coefficient (Wildman–Crippen LogP) is 2.25. The van der Waals surface area contributed by atoms with Gasteiger partial charge < -0.3 is 24.2 Å². The highest BCUT2D eigenvalue weighted by atomic mass is 16.5. The zero-order chi connectivity index (χ0) is 25.6. The standard InChI is InChI=1S/C29H42N4O4/c1-30-12-14-31(15-13-30)28(34)19-23-8-11-32-20-24(23)6-4-16-37-27-7-3-2-5-25(27)21-33(22-29(32)35)26-9-17-36-18-10-26/h2-7,23-24,26H,8-22H2,1H3/b6-4-/t23-,24-/m0/s1. The molecule has 4 aliphatic heterocycles. The molecule has 4 aliphatic rings. The highest BCUT2D eigenvalue weighted by Gasteiger charge is 2.34. The Hall–Kier alpha value is -2.42. The number of fused-ring (bicyclic) bond motifs is 3. The van der Waals surface area contributed by atoms with E-state index in [1.54, 1.807) is 0 Å². The molecule has 0 radical (unpaired) electrons. The Morgan fingerprint density at radius 3 is 2.59 bits per heavy atom. The van der Waals surface area contributed by atoms with Crippen LogP contribution in [0.25, 0.3) is 0 Å². The third-order valence-corrected chi connectivity index (χ3v) is 8.56. The van der Waals surface area contributed by atoms with Crippen LogP contribution < -0.4 is 4.74 Å². The lowest BCUT2D eigenvalue weighted by molar-refractivity contribution is -0.137. The Balaban J connectivity index is 1.32. The average Bonchev–Trinajstić information content (AvgIpc) is 2.93. The molecule has 1 aromatic carbocycles. The number of piperazine rings is 1. The molecule has 1 aromatic rings. The highest BCUT2D eigenvalue weighted by molar-refractivity contribution is 5.79. The van der Waals surface area contributed by atoms with Crippen molar-refractivity contribution in [1.29, 1.82) is 0 Å². The van der Waals surface area contributed by atoms with Crippen molar-refractivity contribution in [2.75, 3.05) is 72.7 Å². The summed E-state index contributed by atoms with van der Waals surface area (Å²) in [4.78, 5) is 35.4. The zero-order valence-electron chi connectivity index (χ0n) is 22.2. The lowest BCUT2D eigenvalue weighted by Gasteiger charge is -2.40. The molecule has 0 aliphatic carbocycles. The second-order valence-electron chi connectivity index (χ2n) is 11.0. The van der Waals surface area contributed by atoms with E-state index in [2.05, 4.69) is 35.1 Å². The second kappa shape index (κ2) is 12.4. The van der Waals surface area contributed by atoms with Crippen molar-refractivity contribution in [3.8, 4) is 5.75 Å². The number of piperidine rings is 1. The molecular formula is C29H42N4O4. The molecule has 0 N–H and O–H groups in total. The van der Waals surface area contributed by atoms with E-state index in [-0.39, 0.29) is 23.7 Å². The lowest BCUT2D eigenvalue weighted by Crippen LogP contribution is -2.51. The van der Waals surface area contributed by atoms with Crippen molar-refractivity contribution in [2.24, 2.45) is 11.8 Å². The molecule has 2 bridgehead atoms. The molecule has 0 spiro atoms. The van der Waals surface area contributed by atoms with Gasteiger partial charge in [-0.2, -0.15) is 0 Å². The summed E-state index contributed by atoms with van der Waals surface area (Å²) in [7, 11) is 2.11. The third-order valence-electron chi connectivity index (χ3n) is 8.56. The first-order valence-corrected chi connectivity index (χ1v) is 14.0. The Kier molecular flexibility index (Phi) is 8.79. The maximum atomic E-state index is 13.6. The summed E-state index contributed by atoms with van der Waals surface area (Å²) in [6.45, 7) is 7.94. The number of ether oxygens (including phenoxy) is 2. The van der Waals surface area contributed by atoms with Gasteiger partial charge in [0.1, 0.15) is 12.4 Å². The van der Waals surface area contributed by atoms with Crippen molar-refractivity contribution in [1.82, 2.24) is 19.6 Å². The lowest BCUT2D eigenvalue weighted by atomic mass is 9.82. The minimum absolute atomic E-state index is 0.158. The van der Waals surface area contributed by atoms with E-state index in [1.807, 2.05) is 28.0 Å². The van der Waals surface area contributed by atoms with Crippen LogP contribution in [-0.4, -0.2) is 110 Å². The molecule has 5 rings (SSSR count). The molecular weight excluding hydrogens is 468 g/mol. The van der Waals surface area contributed by atoms with Crippen molar-refractivity contribution >= 4 is 11.8 Å². The molecule has 3 fully saturated rings. The Labute approximate surface area is 221 Å². The molecule has 3 saturated heterocycles. The first-order chi connectivity index (χ1) is 18.1. The van der Waals surface area contributed by atoms with Gasteiger partial charge in [0, 0.05) is 77.1 Å². The summed E-state index contributed by atoms with van der Waals surface area (Å²) in [5, 5.41) is 0. The first kappa shape index (κ1) is 26.2. The van der Waals surface area contributed by atoms with Crippen LogP contribution in [0.3, 0.4) is 0 Å². The van der Waals surface area contributed by atoms with Crippen LogP contribution in [0.4, 0.5) is 0 Å². The Morgan fingerprint density at radius 2 is 1.78 bits per heavy atom. The normalized spacial score (nSPS) is 27.9. The summed E-state index contributed by atoms with van der Waals surface area (Å²) >= 11 is 0. The second-order valence-corrected chi connectivity index (χ2v) is 11.0. The van der Waals surface area contributed by atoms with E-state index in [9.17, 15) is 9.59 Å². The number of amides is 2. The molecule has 4 heterocycles. The van der Waals surface area contributed by atoms with Crippen LogP contribution in [0.2, 0.25) is 0 Å². The van der Waals surface area contributed by atoms with E-state index in [4.69, 9.17) is 9.47 Å². The van der Waals surface area contributed by atoms with Crippen LogP contribution in [0.5, 0.6) is 5.75 Å². The van der Waals surface area contributed by atoms with Crippen molar-refractivity contribution in [3.05, 3.63) is 42.0 Å². The van der Waals surface area contributed by atoms with Gasteiger partial charge in [-0.15, -0.1) is 0 Å². The van der Waals surface area contributed by atoms with Gasteiger partial charge in [0.2, 0.25) is 11.8 Å². The summed E-state index contributed by atoms with van der Waals surface area (Å²) in [5.41, 5.74) is 1.11. The van der Waals surface area contributed by atoms with Crippen LogP contribution >= 0.6 is 0 Å². The van der Waals surface area contributed by atoms with Gasteiger partial charge >= 0.3 is 0 Å². The SMILES string of the molecule is CN1CCN(C(=O)C[C@@H]2CCN3C[C@@H]2/C=C\COc2ccccc2CN(C2CCOCC2)CC3=O)CC1. The van der Waals surface area contributed by atoms with Gasteiger partial charge in [-0.25, -0.2) is 0 Å². The molecule has 202 valence electrons. The van der Waals surface area contributed by atoms with Gasteiger partial charge in [-0.1, -0.05) is 30.4 Å². The van der Waals surface area contributed by atoms with E-state index in [0.29, 0.717) is 38.7 Å². The molecule has 8 nitrogen and oxygen atoms in total. The van der Waals surface area contributed by atoms with Gasteiger partial charge in [0.15, 0.2) is 0 Å². The average molecular weight is 511 g/mol. The number of rotatable bonds is 3. The summed E-state index contributed by atoms with van der Waals surface area (Å²) < 4.78 is 11.8. The largest absolute Gasteiger partial charge is 0.489 e. The van der Waals surface area contributed by atoms with Crippen molar-refractivity contribution in [3.63, 3.8) is 0 Å². The number of hydrogen-bond donors (Lipinski definition) is 0. The van der Waals surface area contributed by atoms with Crippen molar-refractivity contribution < 1.29 is 19.1 Å². The number of likely N-dealkylation sites (N-methyl/N-ethyl adjacent to an activating group) is 1. The van der Waals surface area contributed by atoms with Gasteiger partial charge in [0.05, 0.1) is 6.54 Å². The molecule has 2 atom stereocenters. The van der Waals surface area contributed by atoms with Gasteiger partial charge in [-0.05, 0) is 44.2 Å². The van der Waals surface area contributed by atoms with Crippen molar-refractivity contribution in [2.45, 2.75) is 38.3 Å². The van der Waals surface area contributed by atoms with Gasteiger partial charge in [-0.3, -0.25) is 14.5 Å². The maximum Gasteiger partial charge on any atom is 0.236 e. The summed E-state index contributed by atoms with van der Waals surface area (Å²) in [6, 6.07) is 8.49. The predicted molar refractivity (Wildman–Crippen MR) is 142 cm³/mol. The quantitative estimate of drug-likeness (QED) is 0.582. The van der Waals surface area contributed by atoms with Crippen LogP contribution in [0.15, 0.2) is 36.4 Å². The number of carbonyl (C=O) groups is 2. The highest BCUT2D eigenvalue weighted by Crippen LogP contribution is 2.30. The number of hydrogen-bond acceptors (Lipinski definition) is 6. The van der Waals surface area contributed by atoms with Crippen LogP contribution in [0.1, 0.15) is 31.2 Å². The monoisotopic (exact) mass is 510 g/mol. The first-order valence-electron chi connectivity index (χ1n) is 14.0. The van der Waals surface area contributed by atoms with E-state index < -0.39 is 0 Å². The fraction of sp³-hybridized carbons (Fsp3) is 0.655. The molecule has 0 unspecified atom stereocenters. The van der Waals surface area contributed by atoms with E-state index >= 15 is 0 Å².